The van der Waals surface area contributed by atoms with Crippen LogP contribution in [0, 0.1) is 5.82 Å². The predicted octanol–water partition coefficient (Wildman–Crippen LogP) is 5.27. The molecule has 0 spiro atoms. The number of carbonyl (C=O) groups excluding carboxylic acids is 1. The van der Waals surface area contributed by atoms with Crippen LogP contribution in [-0.2, 0) is 21.4 Å². The van der Waals surface area contributed by atoms with Crippen LogP contribution in [0.15, 0.2) is 72.8 Å². The molecular formula is C29H31FN2O2. The SMILES string of the molecule is O=C(N1CCC[C@H](c2cccc(Cc3ccc(F)cc3)n2)C1)C1(c2ccccc2)CCOCC1. The van der Waals surface area contributed by atoms with Gasteiger partial charge in [-0.3, -0.25) is 9.78 Å². The molecule has 2 aliphatic heterocycles. The van der Waals surface area contributed by atoms with E-state index in [0.29, 0.717) is 26.2 Å². The van der Waals surface area contributed by atoms with Crippen LogP contribution in [0.5, 0.6) is 0 Å². The second-order valence-electron chi connectivity index (χ2n) is 9.51. The molecule has 4 nitrogen and oxygen atoms in total. The lowest BCUT2D eigenvalue weighted by molar-refractivity contribution is -0.142. The van der Waals surface area contributed by atoms with E-state index < -0.39 is 5.41 Å². The zero-order valence-corrected chi connectivity index (χ0v) is 19.5. The molecule has 0 bridgehead atoms. The minimum atomic E-state index is -0.501. The Balaban J connectivity index is 1.34. The van der Waals surface area contributed by atoms with Gasteiger partial charge in [-0.1, -0.05) is 48.5 Å². The number of benzene rings is 2. The summed E-state index contributed by atoms with van der Waals surface area (Å²) in [5.41, 5.74) is 3.65. The van der Waals surface area contributed by atoms with E-state index >= 15 is 0 Å². The lowest BCUT2D eigenvalue weighted by Crippen LogP contribution is -2.52. The summed E-state index contributed by atoms with van der Waals surface area (Å²) >= 11 is 0. The van der Waals surface area contributed by atoms with Crippen molar-refractivity contribution >= 4 is 5.91 Å². The summed E-state index contributed by atoms with van der Waals surface area (Å²) in [4.78, 5) is 21.0. The number of hydrogen-bond donors (Lipinski definition) is 0. The van der Waals surface area contributed by atoms with E-state index in [9.17, 15) is 9.18 Å². The molecular weight excluding hydrogens is 427 g/mol. The first-order valence-electron chi connectivity index (χ1n) is 12.3. The van der Waals surface area contributed by atoms with E-state index in [1.807, 2.05) is 42.5 Å². The molecule has 2 aromatic carbocycles. The maximum absolute atomic E-state index is 14.0. The van der Waals surface area contributed by atoms with Crippen molar-refractivity contribution in [3.63, 3.8) is 0 Å². The Morgan fingerprint density at radius 3 is 2.53 bits per heavy atom. The van der Waals surface area contributed by atoms with Gasteiger partial charge in [0, 0.05) is 50.0 Å². The molecule has 2 aliphatic rings. The average Bonchev–Trinajstić information content (AvgIpc) is 2.91. The number of halogens is 1. The Labute approximate surface area is 200 Å². The Morgan fingerprint density at radius 1 is 1.00 bits per heavy atom. The van der Waals surface area contributed by atoms with Crippen molar-refractivity contribution < 1.29 is 13.9 Å². The van der Waals surface area contributed by atoms with Crippen molar-refractivity contribution in [3.8, 4) is 0 Å². The number of likely N-dealkylation sites (tertiary alicyclic amines) is 1. The first kappa shape index (κ1) is 22.7. The molecule has 1 aromatic heterocycles. The molecule has 5 heteroatoms. The topological polar surface area (TPSA) is 42.4 Å². The van der Waals surface area contributed by atoms with Gasteiger partial charge in [-0.15, -0.1) is 0 Å². The molecule has 0 saturated carbocycles. The fraction of sp³-hybridized carbons (Fsp3) is 0.379. The minimum Gasteiger partial charge on any atom is -0.381 e. The van der Waals surface area contributed by atoms with Crippen molar-refractivity contribution in [2.45, 2.75) is 43.4 Å². The number of nitrogens with zero attached hydrogens (tertiary/aromatic N) is 2. The molecule has 0 N–H and O–H groups in total. The van der Waals surface area contributed by atoms with Gasteiger partial charge >= 0.3 is 0 Å². The molecule has 1 amide bonds. The van der Waals surface area contributed by atoms with E-state index in [0.717, 1.165) is 54.7 Å². The molecule has 0 unspecified atom stereocenters. The fourth-order valence-electron chi connectivity index (χ4n) is 5.44. The van der Waals surface area contributed by atoms with Crippen LogP contribution in [0.1, 0.15) is 54.1 Å². The maximum Gasteiger partial charge on any atom is 0.233 e. The number of amides is 1. The largest absolute Gasteiger partial charge is 0.381 e. The molecule has 2 fully saturated rings. The quantitative estimate of drug-likeness (QED) is 0.523. The molecule has 2 saturated heterocycles. The highest BCUT2D eigenvalue weighted by atomic mass is 19.1. The molecule has 176 valence electrons. The van der Waals surface area contributed by atoms with Crippen LogP contribution >= 0.6 is 0 Å². The third-order valence-electron chi connectivity index (χ3n) is 7.34. The number of rotatable bonds is 5. The van der Waals surface area contributed by atoms with Gasteiger partial charge in [0.25, 0.3) is 0 Å². The second-order valence-corrected chi connectivity index (χ2v) is 9.51. The zero-order valence-electron chi connectivity index (χ0n) is 19.5. The summed E-state index contributed by atoms with van der Waals surface area (Å²) in [6.07, 6.45) is 4.12. The predicted molar refractivity (Wildman–Crippen MR) is 130 cm³/mol. The van der Waals surface area contributed by atoms with Gasteiger partial charge in [-0.25, -0.2) is 4.39 Å². The van der Waals surface area contributed by atoms with E-state index in [1.165, 1.54) is 12.1 Å². The highest BCUT2D eigenvalue weighted by Gasteiger charge is 2.45. The van der Waals surface area contributed by atoms with Crippen molar-refractivity contribution in [1.29, 1.82) is 0 Å². The van der Waals surface area contributed by atoms with Crippen LogP contribution in [0.2, 0.25) is 0 Å². The van der Waals surface area contributed by atoms with Crippen LogP contribution in [0.3, 0.4) is 0 Å². The third kappa shape index (κ3) is 4.76. The zero-order chi connectivity index (χ0) is 23.4. The van der Waals surface area contributed by atoms with E-state index in [-0.39, 0.29) is 17.6 Å². The van der Waals surface area contributed by atoms with Gasteiger partial charge in [-0.2, -0.15) is 0 Å². The Hall–Kier alpha value is -3.05. The summed E-state index contributed by atoms with van der Waals surface area (Å²) < 4.78 is 18.9. The normalized spacial score (nSPS) is 20.1. The Kier molecular flexibility index (Phi) is 6.73. The summed E-state index contributed by atoms with van der Waals surface area (Å²) in [5, 5.41) is 0. The highest BCUT2D eigenvalue weighted by Crippen LogP contribution is 2.38. The van der Waals surface area contributed by atoms with Crippen LogP contribution in [-0.4, -0.2) is 42.1 Å². The van der Waals surface area contributed by atoms with Crippen molar-refractivity contribution in [1.82, 2.24) is 9.88 Å². The lowest BCUT2D eigenvalue weighted by atomic mass is 9.72. The second kappa shape index (κ2) is 10.1. The van der Waals surface area contributed by atoms with Gasteiger partial charge in [0.15, 0.2) is 0 Å². The first-order chi connectivity index (χ1) is 16.6. The number of pyridine rings is 1. The summed E-state index contributed by atoms with van der Waals surface area (Å²) in [5.74, 6) is 0.225. The van der Waals surface area contributed by atoms with Crippen LogP contribution in [0.4, 0.5) is 4.39 Å². The van der Waals surface area contributed by atoms with E-state index in [4.69, 9.17) is 9.72 Å². The number of aromatic nitrogens is 1. The molecule has 5 rings (SSSR count). The van der Waals surface area contributed by atoms with Crippen LogP contribution < -0.4 is 0 Å². The minimum absolute atomic E-state index is 0.221. The lowest BCUT2D eigenvalue weighted by Gasteiger charge is -2.42. The number of ether oxygens (including phenoxy) is 1. The number of piperidine rings is 1. The average molecular weight is 459 g/mol. The summed E-state index contributed by atoms with van der Waals surface area (Å²) in [6.45, 7) is 2.72. The van der Waals surface area contributed by atoms with Gasteiger partial charge < -0.3 is 9.64 Å². The first-order valence-corrected chi connectivity index (χ1v) is 12.3. The van der Waals surface area contributed by atoms with Gasteiger partial charge in [0.2, 0.25) is 5.91 Å². The standard InChI is InChI=1S/C29H31FN2O2/c30-25-13-11-22(12-14-25)20-26-9-4-10-27(31-26)23-6-5-17-32(21-23)28(33)29(15-18-34-19-16-29)24-7-2-1-3-8-24/h1-4,7-14,23H,5-6,15-21H2/t23-/m0/s1. The van der Waals surface area contributed by atoms with Gasteiger partial charge in [0.1, 0.15) is 5.82 Å². The highest BCUT2D eigenvalue weighted by molar-refractivity contribution is 5.88. The Bertz CT molecular complexity index is 1110. The number of carbonyl (C=O) groups is 1. The fourth-order valence-corrected chi connectivity index (χ4v) is 5.44. The monoisotopic (exact) mass is 458 g/mol. The van der Waals surface area contributed by atoms with Crippen molar-refractivity contribution in [2.24, 2.45) is 0 Å². The maximum atomic E-state index is 14.0. The smallest absolute Gasteiger partial charge is 0.233 e. The van der Waals surface area contributed by atoms with E-state index in [2.05, 4.69) is 23.1 Å². The van der Waals surface area contributed by atoms with Gasteiger partial charge in [-0.05, 0) is 61.1 Å². The van der Waals surface area contributed by atoms with E-state index in [1.54, 1.807) is 0 Å². The summed E-state index contributed by atoms with van der Waals surface area (Å²) in [6, 6.07) is 23.0. The molecule has 1 atom stereocenters. The molecule has 3 aromatic rings. The van der Waals surface area contributed by atoms with Gasteiger partial charge in [0.05, 0.1) is 5.41 Å². The molecule has 34 heavy (non-hydrogen) atoms. The summed E-state index contributed by atoms with van der Waals surface area (Å²) in [7, 11) is 0. The Morgan fingerprint density at radius 2 is 1.76 bits per heavy atom. The molecule has 3 heterocycles. The number of hydrogen-bond acceptors (Lipinski definition) is 3. The third-order valence-corrected chi connectivity index (χ3v) is 7.34. The molecule has 0 aliphatic carbocycles. The van der Waals surface area contributed by atoms with Crippen LogP contribution in [0.25, 0.3) is 0 Å². The van der Waals surface area contributed by atoms with Crippen molar-refractivity contribution in [3.05, 3.63) is 101 Å². The van der Waals surface area contributed by atoms with Crippen molar-refractivity contribution in [2.75, 3.05) is 26.3 Å². The molecule has 0 radical (unpaired) electrons.